The third-order valence-corrected chi connectivity index (χ3v) is 2.98. The minimum atomic E-state index is -0.0551. The highest BCUT2D eigenvalue weighted by Gasteiger charge is 2.12. The molecule has 0 fully saturated rings. The maximum absolute atomic E-state index is 11.6. The van der Waals surface area contributed by atoms with Gasteiger partial charge in [0.05, 0.1) is 11.8 Å². The predicted octanol–water partition coefficient (Wildman–Crippen LogP) is 3.90. The summed E-state index contributed by atoms with van der Waals surface area (Å²) in [5.74, 6) is 1.45. The van der Waals surface area contributed by atoms with Gasteiger partial charge in [-0.15, -0.1) is 0 Å². The molecule has 0 N–H and O–H groups in total. The van der Waals surface area contributed by atoms with Gasteiger partial charge in [-0.05, 0) is 31.2 Å². The molecule has 0 saturated carbocycles. The smallest absolute Gasteiger partial charge is 0.223 e. The Hall–Kier alpha value is -2.88. The first kappa shape index (κ1) is 13.1. The van der Waals surface area contributed by atoms with Gasteiger partial charge in [0.1, 0.15) is 11.4 Å². The Bertz CT molecular complexity index is 747. The second kappa shape index (κ2) is 5.63. The Labute approximate surface area is 122 Å². The van der Waals surface area contributed by atoms with E-state index in [1.54, 1.807) is 24.3 Å². The Kier molecular flexibility index (Phi) is 3.51. The summed E-state index contributed by atoms with van der Waals surface area (Å²) in [5.41, 5.74) is 1.20. The van der Waals surface area contributed by atoms with Crippen molar-refractivity contribution in [2.24, 2.45) is 4.99 Å². The highest BCUT2D eigenvalue weighted by molar-refractivity contribution is 5.99. The van der Waals surface area contributed by atoms with Crippen LogP contribution in [0.15, 0.2) is 65.9 Å². The van der Waals surface area contributed by atoms with Crippen LogP contribution in [-0.2, 0) is 0 Å². The van der Waals surface area contributed by atoms with E-state index in [1.807, 2.05) is 30.3 Å². The van der Waals surface area contributed by atoms with Crippen LogP contribution in [0.25, 0.3) is 0 Å². The second-order valence-corrected chi connectivity index (χ2v) is 4.49. The first-order valence-electron chi connectivity index (χ1n) is 6.53. The van der Waals surface area contributed by atoms with E-state index >= 15 is 0 Å². The molecule has 21 heavy (non-hydrogen) atoms. The van der Waals surface area contributed by atoms with Crippen molar-refractivity contribution in [1.82, 2.24) is 0 Å². The van der Waals surface area contributed by atoms with E-state index in [0.717, 1.165) is 0 Å². The number of carbonyl (C=O) groups excluding carboxylic acids is 1. The number of Topliss-reactive ketones (excluding diaryl/α,β-unsaturated/α-hetero) is 1. The summed E-state index contributed by atoms with van der Waals surface area (Å²) in [7, 11) is 0. The zero-order valence-corrected chi connectivity index (χ0v) is 11.4. The standard InChI is InChI=1S/C17H13NO3/c1-12(19)13-6-2-4-8-15(13)21-17-10-11-20-16-9-5-3-7-14(16)18-17/h2-11H,1H3. The molecule has 0 radical (unpaired) electrons. The van der Waals surface area contributed by atoms with Gasteiger partial charge < -0.3 is 9.47 Å². The van der Waals surface area contributed by atoms with Crippen molar-refractivity contribution in [2.75, 3.05) is 0 Å². The highest BCUT2D eigenvalue weighted by atomic mass is 16.5. The Morgan fingerprint density at radius 3 is 2.71 bits per heavy atom. The minimum Gasteiger partial charge on any atom is -0.463 e. The predicted molar refractivity (Wildman–Crippen MR) is 80.4 cm³/mol. The molecular weight excluding hydrogens is 266 g/mol. The number of nitrogens with zero attached hydrogens (tertiary/aromatic N) is 1. The molecule has 4 nitrogen and oxygen atoms in total. The zero-order chi connectivity index (χ0) is 14.7. The van der Waals surface area contributed by atoms with Crippen LogP contribution in [0.4, 0.5) is 5.69 Å². The van der Waals surface area contributed by atoms with Gasteiger partial charge in [0.15, 0.2) is 11.5 Å². The molecular formula is C17H13NO3. The molecule has 4 heteroatoms. The molecule has 0 spiro atoms. The van der Waals surface area contributed by atoms with Crippen LogP contribution in [-0.4, -0.2) is 11.7 Å². The quantitative estimate of drug-likeness (QED) is 0.783. The van der Waals surface area contributed by atoms with Gasteiger partial charge in [-0.3, -0.25) is 4.79 Å². The summed E-state index contributed by atoms with van der Waals surface area (Å²) in [6.45, 7) is 1.51. The fourth-order valence-corrected chi connectivity index (χ4v) is 1.99. The molecule has 1 aliphatic rings. The lowest BCUT2D eigenvalue weighted by atomic mass is 10.1. The van der Waals surface area contributed by atoms with E-state index in [9.17, 15) is 4.79 Å². The summed E-state index contributed by atoms with van der Waals surface area (Å²) in [4.78, 5) is 16.0. The van der Waals surface area contributed by atoms with Crippen molar-refractivity contribution in [2.45, 2.75) is 6.92 Å². The number of fused-ring (bicyclic) bond motifs is 1. The minimum absolute atomic E-state index is 0.0551. The van der Waals surface area contributed by atoms with Gasteiger partial charge in [0.2, 0.25) is 5.90 Å². The third-order valence-electron chi connectivity index (χ3n) is 2.98. The number of ketones is 1. The number of para-hydroxylation sites is 3. The van der Waals surface area contributed by atoms with Gasteiger partial charge in [-0.25, -0.2) is 4.99 Å². The van der Waals surface area contributed by atoms with Crippen molar-refractivity contribution in [3.63, 3.8) is 0 Å². The molecule has 3 rings (SSSR count). The molecule has 1 heterocycles. The number of benzene rings is 2. The number of carbonyl (C=O) groups is 1. The van der Waals surface area contributed by atoms with Crippen molar-refractivity contribution in [3.05, 3.63) is 66.4 Å². The monoisotopic (exact) mass is 279 g/mol. The van der Waals surface area contributed by atoms with E-state index in [1.165, 1.54) is 13.2 Å². The molecule has 0 atom stereocenters. The maximum Gasteiger partial charge on any atom is 0.223 e. The molecule has 2 aromatic rings. The lowest BCUT2D eigenvalue weighted by Gasteiger charge is -2.08. The van der Waals surface area contributed by atoms with Gasteiger partial charge in [0, 0.05) is 6.08 Å². The van der Waals surface area contributed by atoms with Crippen LogP contribution in [0.3, 0.4) is 0 Å². The van der Waals surface area contributed by atoms with Gasteiger partial charge in [0.25, 0.3) is 0 Å². The molecule has 0 bridgehead atoms. The molecule has 0 unspecified atom stereocenters. The Morgan fingerprint density at radius 2 is 1.86 bits per heavy atom. The maximum atomic E-state index is 11.6. The molecule has 2 aromatic carbocycles. The number of rotatable bonds is 2. The van der Waals surface area contributed by atoms with Crippen molar-refractivity contribution in [3.8, 4) is 11.5 Å². The molecule has 1 aliphatic heterocycles. The van der Waals surface area contributed by atoms with E-state index < -0.39 is 0 Å². The Morgan fingerprint density at radius 1 is 1.10 bits per heavy atom. The van der Waals surface area contributed by atoms with Crippen LogP contribution in [0.5, 0.6) is 11.5 Å². The van der Waals surface area contributed by atoms with E-state index in [4.69, 9.17) is 9.47 Å². The number of ether oxygens (including phenoxy) is 2. The Balaban J connectivity index is 1.96. The summed E-state index contributed by atoms with van der Waals surface area (Å²) in [6, 6.07) is 14.5. The lowest BCUT2D eigenvalue weighted by Crippen LogP contribution is -2.07. The fraction of sp³-hybridized carbons (Fsp3) is 0.0588. The van der Waals surface area contributed by atoms with Crippen molar-refractivity contribution in [1.29, 1.82) is 0 Å². The van der Waals surface area contributed by atoms with E-state index in [-0.39, 0.29) is 5.78 Å². The molecule has 0 aromatic heterocycles. The van der Waals surface area contributed by atoms with Gasteiger partial charge >= 0.3 is 0 Å². The first-order chi connectivity index (χ1) is 10.2. The molecule has 0 saturated heterocycles. The first-order valence-corrected chi connectivity index (χ1v) is 6.53. The van der Waals surface area contributed by atoms with E-state index in [0.29, 0.717) is 28.6 Å². The number of hydrogen-bond acceptors (Lipinski definition) is 4. The van der Waals surface area contributed by atoms with Crippen LogP contribution in [0, 0.1) is 0 Å². The second-order valence-electron chi connectivity index (χ2n) is 4.49. The van der Waals surface area contributed by atoms with Crippen LogP contribution >= 0.6 is 0 Å². The molecule has 0 amide bonds. The largest absolute Gasteiger partial charge is 0.463 e. The summed E-state index contributed by atoms with van der Waals surface area (Å²) in [5, 5.41) is 0. The average Bonchev–Trinajstić information content (AvgIpc) is 2.69. The SMILES string of the molecule is CC(=O)c1ccccc1OC1=Nc2ccccc2OC=C1. The van der Waals surface area contributed by atoms with Crippen LogP contribution in [0.2, 0.25) is 0 Å². The molecule has 0 aliphatic carbocycles. The number of hydrogen-bond donors (Lipinski definition) is 0. The fourth-order valence-electron chi connectivity index (χ4n) is 1.99. The summed E-state index contributed by atoms with van der Waals surface area (Å²) >= 11 is 0. The number of aliphatic imine (C=N–C) groups is 1. The van der Waals surface area contributed by atoms with E-state index in [2.05, 4.69) is 4.99 Å². The van der Waals surface area contributed by atoms with Crippen molar-refractivity contribution < 1.29 is 14.3 Å². The lowest BCUT2D eigenvalue weighted by molar-refractivity contribution is 0.101. The van der Waals surface area contributed by atoms with Crippen molar-refractivity contribution >= 4 is 17.4 Å². The van der Waals surface area contributed by atoms with Gasteiger partial charge in [-0.2, -0.15) is 0 Å². The zero-order valence-electron chi connectivity index (χ0n) is 11.4. The van der Waals surface area contributed by atoms with Crippen LogP contribution < -0.4 is 9.47 Å². The van der Waals surface area contributed by atoms with Gasteiger partial charge in [-0.1, -0.05) is 24.3 Å². The summed E-state index contributed by atoms with van der Waals surface area (Å²) < 4.78 is 11.2. The normalized spacial score (nSPS) is 12.7. The molecule has 104 valence electrons. The third kappa shape index (κ3) is 2.84. The van der Waals surface area contributed by atoms with Crippen LogP contribution in [0.1, 0.15) is 17.3 Å². The highest BCUT2D eigenvalue weighted by Crippen LogP contribution is 2.29. The topological polar surface area (TPSA) is 47.9 Å². The summed E-state index contributed by atoms with van der Waals surface area (Å²) in [6.07, 6.45) is 3.14. The average molecular weight is 279 g/mol.